The third-order valence-corrected chi connectivity index (χ3v) is 9.46. The molecular weight excluding hydrogens is 867 g/mol. The minimum atomic E-state index is -1.32. The Hall–Kier alpha value is -5.71. The van der Waals surface area contributed by atoms with Crippen molar-refractivity contribution in [2.24, 2.45) is 17.6 Å². The molecule has 0 saturated carbocycles. The van der Waals surface area contributed by atoms with E-state index < -0.39 is 66.1 Å². The number of hydrogen-bond donors (Lipinski definition) is 8. The van der Waals surface area contributed by atoms with E-state index in [1.807, 2.05) is 0 Å². The third kappa shape index (κ3) is 28.3. The lowest BCUT2D eigenvalue weighted by Gasteiger charge is -2.27. The van der Waals surface area contributed by atoms with Crippen molar-refractivity contribution in [1.29, 1.82) is 0 Å². The molecule has 0 spiro atoms. The number of aliphatic carboxylic acids is 1. The van der Waals surface area contributed by atoms with Crippen LogP contribution in [0.4, 0.5) is 10.5 Å². The van der Waals surface area contributed by atoms with E-state index in [0.717, 1.165) is 0 Å². The summed E-state index contributed by atoms with van der Waals surface area (Å²) < 4.78 is 26.9. The van der Waals surface area contributed by atoms with Gasteiger partial charge in [-0.3, -0.25) is 38.4 Å². The van der Waals surface area contributed by atoms with Gasteiger partial charge in [0.05, 0.1) is 52.9 Å². The minimum Gasteiger partial charge on any atom is -0.481 e. The summed E-state index contributed by atoms with van der Waals surface area (Å²) in [6.07, 6.45) is 0.00571. The van der Waals surface area contributed by atoms with Crippen LogP contribution in [0, 0.1) is 11.8 Å². The van der Waals surface area contributed by atoms with E-state index in [9.17, 15) is 48.3 Å². The molecule has 0 aliphatic heterocycles. The van der Waals surface area contributed by atoms with E-state index in [0.29, 0.717) is 44.2 Å². The van der Waals surface area contributed by atoms with E-state index in [1.165, 1.54) is 0 Å². The monoisotopic (exact) mass is 938 g/mol. The molecule has 0 saturated heterocycles. The third-order valence-electron chi connectivity index (χ3n) is 9.46. The molecule has 0 aromatic heterocycles. The first-order valence-electron chi connectivity index (χ1n) is 22.2. The Balaban J connectivity index is 2.60. The summed E-state index contributed by atoms with van der Waals surface area (Å²) in [6, 6.07) is 2.09. The largest absolute Gasteiger partial charge is 0.481 e. The van der Waals surface area contributed by atoms with Crippen LogP contribution in [0.1, 0.15) is 91.5 Å². The number of benzene rings is 1. The maximum absolute atomic E-state index is 13.7. The lowest BCUT2D eigenvalue weighted by Crippen LogP contribution is -2.58. The van der Waals surface area contributed by atoms with E-state index in [1.54, 1.807) is 58.9 Å². The van der Waals surface area contributed by atoms with Gasteiger partial charge in [0.15, 0.2) is 0 Å². The first kappa shape index (κ1) is 58.3. The number of esters is 1. The summed E-state index contributed by atoms with van der Waals surface area (Å²) in [5.41, 5.74) is 6.23. The standard InChI is InChI=1S/C44H71N7O15/c1-6-39(57)66-28-31-9-11-32(12-10-31)48-41(58)33(8-7-18-47-44(45)61)50-43(60)40(30(4)5)51-42(59)34(13-16-38(55)56)49-37(54)17-20-62-22-24-64-26-27-65-25-23-63-21-19-46-36(53)15-14-35(52)29(2)3/h9-12,29-30,33-34,40H,6-8,13-28H2,1-5H3,(H,46,53)(H,48,58)(H,49,54)(H,50,60)(H,51,59)(H,55,56)(H3,45,47,61)/t33-,34-,40-/m0/s1. The van der Waals surface area contributed by atoms with Crippen LogP contribution in [0.5, 0.6) is 0 Å². The summed E-state index contributed by atoms with van der Waals surface area (Å²) in [6.45, 7) is 10.9. The van der Waals surface area contributed by atoms with Gasteiger partial charge < -0.3 is 66.4 Å². The molecule has 372 valence electrons. The van der Waals surface area contributed by atoms with Crippen molar-refractivity contribution in [2.45, 2.75) is 111 Å². The Morgan fingerprint density at radius 1 is 0.621 bits per heavy atom. The Labute approximate surface area is 386 Å². The molecule has 1 aromatic carbocycles. The van der Waals surface area contributed by atoms with E-state index in [-0.39, 0.29) is 108 Å². The average Bonchev–Trinajstić information content (AvgIpc) is 3.27. The number of nitrogens with two attached hydrogens (primary N) is 1. The fourth-order valence-electron chi connectivity index (χ4n) is 5.62. The smallest absolute Gasteiger partial charge is 0.312 e. The van der Waals surface area contributed by atoms with E-state index >= 15 is 0 Å². The number of carbonyl (C=O) groups is 9. The molecule has 1 aromatic rings. The molecule has 0 heterocycles. The fourth-order valence-corrected chi connectivity index (χ4v) is 5.62. The molecule has 0 aliphatic carbocycles. The molecule has 66 heavy (non-hydrogen) atoms. The molecule has 7 amide bonds. The number of ether oxygens (including phenoxy) is 5. The van der Waals surface area contributed by atoms with Crippen LogP contribution in [0.2, 0.25) is 0 Å². The number of carboxylic acid groups (broad SMARTS) is 1. The highest BCUT2D eigenvalue weighted by atomic mass is 16.6. The maximum atomic E-state index is 13.7. The number of urea groups is 1. The molecule has 0 bridgehead atoms. The molecule has 22 nitrogen and oxygen atoms in total. The summed E-state index contributed by atoms with van der Waals surface area (Å²) >= 11 is 0. The Bertz CT molecular complexity index is 1680. The number of carbonyl (C=O) groups excluding carboxylic acids is 8. The van der Waals surface area contributed by atoms with Gasteiger partial charge in [-0.25, -0.2) is 4.79 Å². The number of rotatable bonds is 37. The van der Waals surface area contributed by atoms with Gasteiger partial charge in [-0.2, -0.15) is 0 Å². The van der Waals surface area contributed by atoms with Crippen molar-refractivity contribution in [3.8, 4) is 0 Å². The molecule has 22 heteroatoms. The van der Waals surface area contributed by atoms with Crippen molar-refractivity contribution in [3.63, 3.8) is 0 Å². The van der Waals surface area contributed by atoms with Crippen molar-refractivity contribution >= 4 is 59.0 Å². The molecule has 1 rings (SSSR count). The van der Waals surface area contributed by atoms with Crippen LogP contribution in [0.15, 0.2) is 24.3 Å². The molecule has 0 unspecified atom stereocenters. The zero-order valence-electron chi connectivity index (χ0n) is 38.9. The highest BCUT2D eigenvalue weighted by Gasteiger charge is 2.32. The van der Waals surface area contributed by atoms with Gasteiger partial charge in [-0.05, 0) is 42.9 Å². The summed E-state index contributed by atoms with van der Waals surface area (Å²) in [5.74, 6) is -5.07. The molecule has 0 aliphatic rings. The number of hydrogen-bond acceptors (Lipinski definition) is 14. The number of anilines is 1. The van der Waals surface area contributed by atoms with Crippen molar-refractivity contribution < 1.29 is 71.9 Å². The van der Waals surface area contributed by atoms with Crippen molar-refractivity contribution in [3.05, 3.63) is 29.8 Å². The normalized spacial score (nSPS) is 12.3. The topological polar surface area (TPSA) is 318 Å². The van der Waals surface area contributed by atoms with E-state index in [4.69, 9.17) is 29.4 Å². The van der Waals surface area contributed by atoms with Crippen molar-refractivity contribution in [1.82, 2.24) is 26.6 Å². The number of amides is 7. The highest BCUT2D eigenvalue weighted by Crippen LogP contribution is 2.13. The van der Waals surface area contributed by atoms with Gasteiger partial charge in [0, 0.05) is 56.8 Å². The second-order valence-electron chi connectivity index (χ2n) is 15.6. The predicted octanol–water partition coefficient (Wildman–Crippen LogP) is 1.08. The fraction of sp³-hybridized carbons (Fsp3) is 0.659. The van der Waals surface area contributed by atoms with Crippen LogP contribution < -0.4 is 37.6 Å². The van der Waals surface area contributed by atoms with Gasteiger partial charge in [0.1, 0.15) is 30.5 Å². The second kappa shape index (κ2) is 34.6. The van der Waals surface area contributed by atoms with Crippen LogP contribution in [-0.2, 0) is 68.6 Å². The highest BCUT2D eigenvalue weighted by molar-refractivity contribution is 5.99. The molecule has 0 radical (unpaired) electrons. The summed E-state index contributed by atoms with van der Waals surface area (Å²) in [4.78, 5) is 111. The van der Waals surface area contributed by atoms with E-state index in [2.05, 4.69) is 31.9 Å². The average molecular weight is 938 g/mol. The number of carboxylic acids is 1. The zero-order chi connectivity index (χ0) is 49.3. The van der Waals surface area contributed by atoms with Crippen LogP contribution in [-0.4, -0.2) is 142 Å². The zero-order valence-corrected chi connectivity index (χ0v) is 38.9. The van der Waals surface area contributed by atoms with Gasteiger partial charge in [-0.1, -0.05) is 46.8 Å². The summed E-state index contributed by atoms with van der Waals surface area (Å²) in [7, 11) is 0. The lowest BCUT2D eigenvalue weighted by atomic mass is 10.0. The predicted molar refractivity (Wildman–Crippen MR) is 239 cm³/mol. The van der Waals surface area contributed by atoms with Gasteiger partial charge >= 0.3 is 18.0 Å². The van der Waals surface area contributed by atoms with Crippen LogP contribution in [0.25, 0.3) is 0 Å². The second-order valence-corrected chi connectivity index (χ2v) is 15.6. The van der Waals surface area contributed by atoms with Gasteiger partial charge in [0.25, 0.3) is 0 Å². The molecular formula is C44H71N7O15. The minimum absolute atomic E-state index is 0.0270. The quantitative estimate of drug-likeness (QED) is 0.0342. The number of ketones is 1. The molecule has 3 atom stereocenters. The number of primary amides is 1. The Morgan fingerprint density at radius 3 is 1.77 bits per heavy atom. The molecule has 0 fully saturated rings. The first-order valence-corrected chi connectivity index (χ1v) is 22.2. The van der Waals surface area contributed by atoms with Gasteiger partial charge in [-0.15, -0.1) is 0 Å². The Kier molecular flexibility index (Phi) is 30.6. The number of nitrogens with one attached hydrogen (secondary N) is 6. The first-order chi connectivity index (χ1) is 31.4. The SMILES string of the molecule is CCC(=O)OCc1ccc(NC(=O)[C@H](CCCNC(N)=O)NC(=O)[C@@H](NC(=O)[C@H](CCC(=O)O)NC(=O)CCOCCOCCOCCOCCNC(=O)CCC(=O)C(C)C)C(C)C)cc1. The van der Waals surface area contributed by atoms with Crippen LogP contribution >= 0.6 is 0 Å². The van der Waals surface area contributed by atoms with Gasteiger partial charge in [0.2, 0.25) is 29.5 Å². The van der Waals surface area contributed by atoms with Crippen molar-refractivity contribution in [2.75, 3.05) is 71.3 Å². The lowest BCUT2D eigenvalue weighted by molar-refractivity contribution is -0.144. The maximum Gasteiger partial charge on any atom is 0.312 e. The molecule has 9 N–H and O–H groups in total. The number of Topliss-reactive ketones (excluding diaryl/α,β-unsaturated/α-hetero) is 1. The Morgan fingerprint density at radius 2 is 1.21 bits per heavy atom. The summed E-state index contributed by atoms with van der Waals surface area (Å²) in [5, 5.41) is 25.0. The van der Waals surface area contributed by atoms with Crippen LogP contribution in [0.3, 0.4) is 0 Å².